The van der Waals surface area contributed by atoms with Crippen LogP contribution >= 0.6 is 11.6 Å². The summed E-state index contributed by atoms with van der Waals surface area (Å²) in [4.78, 5) is 23.2. The Balaban J connectivity index is 2.24. The Labute approximate surface area is 126 Å². The lowest BCUT2D eigenvalue weighted by molar-refractivity contribution is -0.140. The molecule has 0 radical (unpaired) electrons. The van der Waals surface area contributed by atoms with Gasteiger partial charge in [-0.3, -0.25) is 9.59 Å². The number of carbonyl (C=O) groups excluding carboxylic acids is 2. The first-order chi connectivity index (χ1) is 9.58. The summed E-state index contributed by atoms with van der Waals surface area (Å²) in [5.74, 6) is 0.382. The van der Waals surface area contributed by atoms with Crippen LogP contribution in [0.15, 0.2) is 0 Å². The van der Waals surface area contributed by atoms with Crippen LogP contribution in [0.4, 0.5) is 0 Å². The largest absolute Gasteiger partial charge is 0.468 e. The number of methoxy groups -OCH3 is 1. The van der Waals surface area contributed by atoms with Crippen molar-refractivity contribution in [2.24, 2.45) is 11.8 Å². The van der Waals surface area contributed by atoms with E-state index >= 15 is 0 Å². The molecule has 0 aromatic heterocycles. The van der Waals surface area contributed by atoms with Crippen molar-refractivity contribution >= 4 is 23.5 Å². The summed E-state index contributed by atoms with van der Waals surface area (Å²) in [7, 11) is 1.29. The third-order valence-electron chi connectivity index (χ3n) is 4.10. The first-order valence-corrected chi connectivity index (χ1v) is 8.01. The minimum absolute atomic E-state index is 0.0218. The van der Waals surface area contributed by atoms with Crippen LogP contribution in [0.3, 0.4) is 0 Å². The normalized spacial score (nSPS) is 23.9. The molecule has 0 saturated heterocycles. The first kappa shape index (κ1) is 17.3. The molecule has 4 nitrogen and oxygen atoms in total. The molecule has 1 atom stereocenters. The summed E-state index contributed by atoms with van der Waals surface area (Å²) in [6.07, 6.45) is 7.99. The second-order valence-electron chi connectivity index (χ2n) is 5.60. The number of hydrogen-bond acceptors (Lipinski definition) is 3. The highest BCUT2D eigenvalue weighted by molar-refractivity contribution is 6.30. The van der Waals surface area contributed by atoms with Crippen molar-refractivity contribution in [2.45, 2.75) is 57.2 Å². The average molecular weight is 304 g/mol. The molecule has 0 heterocycles. The second kappa shape index (κ2) is 9.22. The van der Waals surface area contributed by atoms with Crippen LogP contribution in [0.2, 0.25) is 0 Å². The fraction of sp³-hybridized carbons (Fsp3) is 0.867. The third-order valence-corrected chi connectivity index (χ3v) is 4.43. The fourth-order valence-electron chi connectivity index (χ4n) is 2.75. The van der Waals surface area contributed by atoms with Crippen molar-refractivity contribution < 1.29 is 14.3 Å². The maximum absolute atomic E-state index is 12.0. The zero-order valence-corrected chi connectivity index (χ0v) is 13.2. The second-order valence-corrected chi connectivity index (χ2v) is 6.12. The van der Waals surface area contributed by atoms with Crippen LogP contribution in [0, 0.1) is 11.8 Å². The summed E-state index contributed by atoms with van der Waals surface area (Å²) in [5.41, 5.74) is 0. The zero-order chi connectivity index (χ0) is 15.0. The summed E-state index contributed by atoms with van der Waals surface area (Å²) >= 11 is 5.81. The van der Waals surface area contributed by atoms with Crippen molar-refractivity contribution in [3.63, 3.8) is 0 Å². The van der Waals surface area contributed by atoms with Crippen molar-refractivity contribution in [3.8, 4) is 0 Å². The molecule has 1 amide bonds. The smallest absolute Gasteiger partial charge is 0.325 e. The molecule has 1 saturated carbocycles. The van der Waals surface area contributed by atoms with Gasteiger partial charge >= 0.3 is 5.97 Å². The minimum atomic E-state index is -0.801. The van der Waals surface area contributed by atoms with Crippen molar-refractivity contribution in [1.82, 2.24) is 5.32 Å². The molecular formula is C15H26ClNO3. The van der Waals surface area contributed by atoms with E-state index in [1.165, 1.54) is 26.4 Å². The number of amides is 1. The third kappa shape index (κ3) is 5.70. The highest BCUT2D eigenvalue weighted by Gasteiger charge is 2.26. The van der Waals surface area contributed by atoms with Crippen molar-refractivity contribution in [2.75, 3.05) is 13.7 Å². The van der Waals surface area contributed by atoms with Gasteiger partial charge in [-0.05, 0) is 31.6 Å². The number of nitrogens with one attached hydrogen (secondary N) is 1. The van der Waals surface area contributed by atoms with E-state index in [1.807, 2.05) is 0 Å². The van der Waals surface area contributed by atoms with E-state index < -0.39 is 11.3 Å². The lowest BCUT2D eigenvalue weighted by Crippen LogP contribution is -2.38. The Morgan fingerprint density at radius 3 is 2.50 bits per heavy atom. The van der Waals surface area contributed by atoms with E-state index in [-0.39, 0.29) is 18.4 Å². The van der Waals surface area contributed by atoms with Gasteiger partial charge in [-0.25, -0.2) is 0 Å². The van der Waals surface area contributed by atoms with Gasteiger partial charge < -0.3 is 10.1 Å². The van der Waals surface area contributed by atoms with E-state index in [4.69, 9.17) is 11.6 Å². The molecule has 0 aromatic rings. The van der Waals surface area contributed by atoms with Crippen LogP contribution in [0.5, 0.6) is 0 Å². The topological polar surface area (TPSA) is 55.4 Å². The molecule has 0 bridgehead atoms. The summed E-state index contributed by atoms with van der Waals surface area (Å²) in [6, 6.07) is 0. The lowest BCUT2D eigenvalue weighted by atomic mass is 9.79. The first-order valence-electron chi connectivity index (χ1n) is 7.58. The number of esters is 1. The molecule has 116 valence electrons. The Bertz CT molecular complexity index is 314. The Morgan fingerprint density at radius 2 is 1.95 bits per heavy atom. The number of rotatable bonds is 7. The average Bonchev–Trinajstić information content (AvgIpc) is 2.49. The van der Waals surface area contributed by atoms with Crippen LogP contribution < -0.4 is 5.32 Å². The Kier molecular flexibility index (Phi) is 7.97. The fourth-order valence-corrected chi connectivity index (χ4v) is 2.92. The molecule has 5 heteroatoms. The van der Waals surface area contributed by atoms with Gasteiger partial charge in [0, 0.05) is 12.5 Å². The molecule has 1 N–H and O–H groups in total. The van der Waals surface area contributed by atoms with E-state index in [9.17, 15) is 9.59 Å². The van der Waals surface area contributed by atoms with Gasteiger partial charge in [0.25, 0.3) is 0 Å². The van der Waals surface area contributed by atoms with Gasteiger partial charge in [-0.1, -0.05) is 26.2 Å². The highest BCUT2D eigenvalue weighted by atomic mass is 35.5. The van der Waals surface area contributed by atoms with Gasteiger partial charge in [0.2, 0.25) is 5.91 Å². The zero-order valence-electron chi connectivity index (χ0n) is 12.5. The SMILES string of the molecule is CCCCC1CCC(C(=O)NCC(Cl)C(=O)OC)CC1. The molecule has 1 unspecified atom stereocenters. The minimum Gasteiger partial charge on any atom is -0.468 e. The molecule has 1 aliphatic rings. The van der Waals surface area contributed by atoms with E-state index in [0.717, 1.165) is 31.6 Å². The molecular weight excluding hydrogens is 278 g/mol. The van der Waals surface area contributed by atoms with Crippen LogP contribution in [-0.4, -0.2) is 30.9 Å². The molecule has 0 spiro atoms. The number of carbonyl (C=O) groups is 2. The molecule has 1 fully saturated rings. The number of halogens is 1. The van der Waals surface area contributed by atoms with Crippen LogP contribution in [-0.2, 0) is 14.3 Å². The Morgan fingerprint density at radius 1 is 1.30 bits per heavy atom. The van der Waals surface area contributed by atoms with Gasteiger partial charge in [0.1, 0.15) is 5.38 Å². The van der Waals surface area contributed by atoms with Gasteiger partial charge in [-0.2, -0.15) is 0 Å². The van der Waals surface area contributed by atoms with Gasteiger partial charge in [0.15, 0.2) is 0 Å². The maximum Gasteiger partial charge on any atom is 0.325 e. The monoisotopic (exact) mass is 303 g/mol. The molecule has 0 aromatic carbocycles. The summed E-state index contributed by atoms with van der Waals surface area (Å²) in [5, 5.41) is 1.95. The van der Waals surface area contributed by atoms with Crippen LogP contribution in [0.25, 0.3) is 0 Å². The summed E-state index contributed by atoms with van der Waals surface area (Å²) < 4.78 is 4.52. The van der Waals surface area contributed by atoms with E-state index in [0.29, 0.717) is 0 Å². The number of hydrogen-bond donors (Lipinski definition) is 1. The number of ether oxygens (including phenoxy) is 1. The van der Waals surface area contributed by atoms with E-state index in [2.05, 4.69) is 17.0 Å². The molecule has 1 aliphatic carbocycles. The van der Waals surface area contributed by atoms with Gasteiger partial charge in [-0.15, -0.1) is 11.6 Å². The molecule has 1 rings (SSSR count). The molecule has 20 heavy (non-hydrogen) atoms. The predicted octanol–water partition coefficient (Wildman–Crippen LogP) is 2.88. The standard InChI is InChI=1S/C15H26ClNO3/c1-3-4-5-11-6-8-12(9-7-11)14(18)17-10-13(16)15(19)20-2/h11-13H,3-10H2,1-2H3,(H,17,18). The number of alkyl halides is 1. The highest BCUT2D eigenvalue weighted by Crippen LogP contribution is 2.31. The summed E-state index contributed by atoms with van der Waals surface area (Å²) in [6.45, 7) is 2.35. The number of unbranched alkanes of at least 4 members (excludes halogenated alkanes) is 1. The maximum atomic E-state index is 12.0. The van der Waals surface area contributed by atoms with Gasteiger partial charge in [0.05, 0.1) is 7.11 Å². The van der Waals surface area contributed by atoms with Crippen molar-refractivity contribution in [3.05, 3.63) is 0 Å². The Hall–Kier alpha value is -0.770. The van der Waals surface area contributed by atoms with Crippen molar-refractivity contribution in [1.29, 1.82) is 0 Å². The quantitative estimate of drug-likeness (QED) is 0.581. The predicted molar refractivity (Wildman–Crippen MR) is 79.6 cm³/mol. The molecule has 0 aliphatic heterocycles. The lowest BCUT2D eigenvalue weighted by Gasteiger charge is -2.27. The van der Waals surface area contributed by atoms with E-state index in [1.54, 1.807) is 0 Å². The van der Waals surface area contributed by atoms with Crippen LogP contribution in [0.1, 0.15) is 51.9 Å².